The Morgan fingerprint density at radius 3 is 1.69 bits per heavy atom. The van der Waals surface area contributed by atoms with Gasteiger partial charge >= 0.3 is 12.2 Å². The molecule has 2 aliphatic heterocycles. The van der Waals surface area contributed by atoms with E-state index in [9.17, 15) is 9.59 Å². The van der Waals surface area contributed by atoms with Gasteiger partial charge in [0.1, 0.15) is 11.2 Å². The van der Waals surface area contributed by atoms with Crippen molar-refractivity contribution in [2.45, 2.75) is 146 Å². The lowest BCUT2D eigenvalue weighted by atomic mass is 10.0. The Morgan fingerprint density at radius 2 is 1.27 bits per heavy atom. The van der Waals surface area contributed by atoms with Crippen molar-refractivity contribution in [1.29, 1.82) is 0 Å². The predicted molar refractivity (Wildman–Crippen MR) is 185 cm³/mol. The van der Waals surface area contributed by atoms with E-state index in [1.165, 1.54) is 5.56 Å². The van der Waals surface area contributed by atoms with Gasteiger partial charge in [-0.05, 0) is 73.8 Å². The molecule has 1 aromatic carbocycles. The van der Waals surface area contributed by atoms with Gasteiger partial charge in [-0.2, -0.15) is 0 Å². The number of carboxylic acid groups (broad SMARTS) is 1. The molecule has 2 N–H and O–H groups in total. The average Bonchev–Trinajstić information content (AvgIpc) is 2.88. The fourth-order valence-corrected chi connectivity index (χ4v) is 4.90. The number of carboxylic acids is 1. The van der Waals surface area contributed by atoms with Crippen molar-refractivity contribution >= 4 is 18.2 Å². The van der Waals surface area contributed by atoms with Crippen LogP contribution in [0.2, 0.25) is 0 Å². The van der Waals surface area contributed by atoms with E-state index in [0.29, 0.717) is 12.1 Å². The Hall–Kier alpha value is -2.85. The van der Waals surface area contributed by atoms with Crippen molar-refractivity contribution in [2.24, 2.45) is 0 Å². The fraction of sp³-hybridized carbons (Fsp3) is 0.743. The van der Waals surface area contributed by atoms with Crippen molar-refractivity contribution < 1.29 is 29.0 Å². The zero-order chi connectivity index (χ0) is 33.0. The number of rotatable bonds is 4. The van der Waals surface area contributed by atoms with Crippen LogP contribution < -0.4 is 5.32 Å². The lowest BCUT2D eigenvalue weighted by molar-refractivity contribution is -0.134. The number of carbonyl (C=O) groups excluding carboxylic acids is 2. The van der Waals surface area contributed by atoms with E-state index in [1.54, 1.807) is 0 Å². The molecule has 4 atom stereocenters. The maximum absolute atomic E-state index is 12.5. The Bertz CT molecular complexity index is 988. The maximum Gasteiger partial charge on any atom is 0.410 e. The highest BCUT2D eigenvalue weighted by atomic mass is 16.6. The van der Waals surface area contributed by atoms with Gasteiger partial charge in [0.15, 0.2) is 0 Å². The van der Waals surface area contributed by atoms with Crippen LogP contribution in [0.4, 0.5) is 9.59 Å². The maximum atomic E-state index is 12.5. The number of aliphatic carboxylic acids is 1. The zero-order valence-corrected chi connectivity index (χ0v) is 28.5. The third-order valence-corrected chi connectivity index (χ3v) is 7.01. The van der Waals surface area contributed by atoms with E-state index in [2.05, 4.69) is 62.2 Å². The van der Waals surface area contributed by atoms with E-state index < -0.39 is 17.2 Å². The summed E-state index contributed by atoms with van der Waals surface area (Å²) in [7, 11) is 0. The van der Waals surface area contributed by atoms with Crippen LogP contribution in [0.3, 0.4) is 0 Å². The Balaban J connectivity index is 0. The van der Waals surface area contributed by atoms with Gasteiger partial charge in [-0.1, -0.05) is 59.0 Å². The lowest BCUT2D eigenvalue weighted by Crippen LogP contribution is -2.59. The average molecular weight is 639 g/mol. The summed E-state index contributed by atoms with van der Waals surface area (Å²) in [5, 5.41) is 10.8. The number of benzene rings is 1. The van der Waals surface area contributed by atoms with Gasteiger partial charge in [0, 0.05) is 63.8 Å². The molecule has 3 rings (SSSR count). The molecule has 2 amide bonds. The Labute approximate surface area is 274 Å². The van der Waals surface area contributed by atoms with Crippen molar-refractivity contribution in [3.05, 3.63) is 35.9 Å². The molecule has 2 fully saturated rings. The van der Waals surface area contributed by atoms with Crippen LogP contribution in [0.1, 0.15) is 109 Å². The number of piperazine rings is 2. The molecule has 2 heterocycles. The molecule has 0 spiro atoms. The molecule has 0 aliphatic carbocycles. The molecule has 0 aromatic heterocycles. The minimum absolute atomic E-state index is 0. The molecule has 0 saturated carbocycles. The number of ether oxygens (including phenoxy) is 2. The van der Waals surface area contributed by atoms with Gasteiger partial charge in [0.2, 0.25) is 0 Å². The van der Waals surface area contributed by atoms with E-state index in [4.69, 9.17) is 19.4 Å². The van der Waals surface area contributed by atoms with Gasteiger partial charge in [0.05, 0.1) is 0 Å². The third kappa shape index (κ3) is 17.4. The largest absolute Gasteiger partial charge is 0.481 e. The summed E-state index contributed by atoms with van der Waals surface area (Å²) in [6.45, 7) is 25.2. The number of nitrogens with zero attached hydrogens (tertiary/aromatic N) is 3. The topological polar surface area (TPSA) is 112 Å². The van der Waals surface area contributed by atoms with Crippen LogP contribution in [-0.4, -0.2) is 99.5 Å². The molecule has 0 bridgehead atoms. The van der Waals surface area contributed by atoms with Crippen LogP contribution in [0, 0.1) is 0 Å². The van der Waals surface area contributed by atoms with Crippen molar-refractivity contribution in [3.63, 3.8) is 0 Å². The standard InChI is InChI=1S/C19H30N2O2.C12H24N2O2.C2H4O2.2CH4/c1-6-17-14-20(13-16-10-8-7-9-11-16)15(2)12-21(17)18(22)23-19(3,4)5;1-6-10-7-13-9(2)8-14(10)11(15)16-12(3,4)5;1-2(3)4;;/h7-11,15,17H,6,12-14H2,1-5H3;9-10,13H,6-8H2,1-5H3;1H3,(H,3,4);2*1H4/t15-,17+;9-,10+;;;/m11.../s1. The molecule has 1 aromatic rings. The molecule has 2 aliphatic rings. The SMILES string of the molecule is C.C.CC(=O)O.CC[C@H]1CN(Cc2ccccc2)[C@H](C)CN1C(=O)OC(C)(C)C.CC[C@H]1CN[C@H](C)CN1C(=O)OC(C)(C)C. The van der Waals surface area contributed by atoms with Crippen LogP contribution in [0.5, 0.6) is 0 Å². The Morgan fingerprint density at radius 1 is 0.822 bits per heavy atom. The monoisotopic (exact) mass is 638 g/mol. The molecular weight excluding hydrogens is 572 g/mol. The van der Waals surface area contributed by atoms with Gasteiger partial charge < -0.3 is 29.7 Å². The highest BCUT2D eigenvalue weighted by Gasteiger charge is 2.36. The van der Waals surface area contributed by atoms with Crippen molar-refractivity contribution in [3.8, 4) is 0 Å². The second-order valence-corrected chi connectivity index (χ2v) is 13.5. The summed E-state index contributed by atoms with van der Waals surface area (Å²) < 4.78 is 11.0. The minimum atomic E-state index is -0.833. The summed E-state index contributed by atoms with van der Waals surface area (Å²) in [6.07, 6.45) is 1.53. The number of hydrogen-bond donors (Lipinski definition) is 2. The predicted octanol–water partition coefficient (Wildman–Crippen LogP) is 7.26. The quantitative estimate of drug-likeness (QED) is 0.354. The normalized spacial score (nSPS) is 21.8. The van der Waals surface area contributed by atoms with Crippen LogP contribution in [0.25, 0.3) is 0 Å². The molecule has 10 heteroatoms. The molecule has 10 nitrogen and oxygen atoms in total. The zero-order valence-electron chi connectivity index (χ0n) is 28.5. The summed E-state index contributed by atoms with van der Waals surface area (Å²) in [5.74, 6) is -0.833. The minimum Gasteiger partial charge on any atom is -0.481 e. The molecule has 45 heavy (non-hydrogen) atoms. The van der Waals surface area contributed by atoms with Gasteiger partial charge in [-0.3, -0.25) is 9.69 Å². The third-order valence-electron chi connectivity index (χ3n) is 7.01. The summed E-state index contributed by atoms with van der Waals surface area (Å²) in [6, 6.07) is 11.7. The van der Waals surface area contributed by atoms with Gasteiger partial charge in [-0.15, -0.1) is 0 Å². The van der Waals surface area contributed by atoms with E-state index in [1.807, 2.05) is 57.4 Å². The van der Waals surface area contributed by atoms with Crippen molar-refractivity contribution in [1.82, 2.24) is 20.0 Å². The smallest absolute Gasteiger partial charge is 0.410 e. The first-order valence-electron chi connectivity index (χ1n) is 15.6. The number of hydrogen-bond acceptors (Lipinski definition) is 7. The van der Waals surface area contributed by atoms with E-state index >= 15 is 0 Å². The second kappa shape index (κ2) is 20.3. The van der Waals surface area contributed by atoms with Gasteiger partial charge in [-0.25, -0.2) is 9.59 Å². The summed E-state index contributed by atoms with van der Waals surface area (Å²) in [4.78, 5) is 39.7. The summed E-state index contributed by atoms with van der Waals surface area (Å²) in [5.41, 5.74) is 0.462. The molecular formula is C35H66N4O6. The summed E-state index contributed by atoms with van der Waals surface area (Å²) >= 11 is 0. The van der Waals surface area contributed by atoms with Crippen LogP contribution in [0.15, 0.2) is 30.3 Å². The lowest BCUT2D eigenvalue weighted by Gasteiger charge is -2.45. The molecule has 2 saturated heterocycles. The number of nitrogens with one attached hydrogen (secondary N) is 1. The number of amides is 2. The molecule has 262 valence electrons. The molecule has 0 radical (unpaired) electrons. The van der Waals surface area contributed by atoms with Crippen LogP contribution >= 0.6 is 0 Å². The second-order valence-electron chi connectivity index (χ2n) is 13.5. The first kappa shape index (κ1) is 44.3. The first-order valence-corrected chi connectivity index (χ1v) is 15.6. The van der Waals surface area contributed by atoms with Gasteiger partial charge in [0.25, 0.3) is 5.97 Å². The Kier molecular flexibility index (Phi) is 20.0. The molecule has 0 unspecified atom stereocenters. The van der Waals surface area contributed by atoms with Crippen LogP contribution in [-0.2, 0) is 20.8 Å². The number of carbonyl (C=O) groups is 3. The van der Waals surface area contributed by atoms with E-state index in [-0.39, 0.29) is 39.1 Å². The fourth-order valence-electron chi connectivity index (χ4n) is 4.90. The highest BCUT2D eigenvalue weighted by molar-refractivity contribution is 5.69. The van der Waals surface area contributed by atoms with E-state index in [0.717, 1.165) is 52.5 Å². The highest BCUT2D eigenvalue weighted by Crippen LogP contribution is 2.22. The first-order chi connectivity index (χ1) is 19.9. The van der Waals surface area contributed by atoms with Crippen molar-refractivity contribution in [2.75, 3.05) is 26.2 Å².